The molecule has 42 heavy (non-hydrogen) atoms. The van der Waals surface area contributed by atoms with Gasteiger partial charge in [-0.2, -0.15) is 26.3 Å². The number of benzene rings is 3. The molecule has 1 heterocycles. The van der Waals surface area contributed by atoms with Crippen molar-refractivity contribution in [2.45, 2.75) is 57.7 Å². The van der Waals surface area contributed by atoms with Gasteiger partial charge in [-0.25, -0.2) is 14.0 Å². The second-order valence-electron chi connectivity index (χ2n) is 10.2. The van der Waals surface area contributed by atoms with Crippen LogP contribution in [0.4, 0.5) is 41.2 Å². The van der Waals surface area contributed by atoms with E-state index >= 15 is 0 Å². The van der Waals surface area contributed by atoms with Crippen molar-refractivity contribution in [1.29, 1.82) is 0 Å². The topological polar surface area (TPSA) is 43.1 Å². The lowest BCUT2D eigenvalue weighted by Gasteiger charge is -2.24. The number of methoxy groups -OCH3 is 1. The van der Waals surface area contributed by atoms with E-state index in [9.17, 15) is 35.5 Å². The Morgan fingerprint density at radius 3 is 2.12 bits per heavy atom. The van der Waals surface area contributed by atoms with Crippen LogP contribution in [0.15, 0.2) is 48.5 Å². The first-order valence-corrected chi connectivity index (χ1v) is 12.7. The average molecular weight is 595 g/mol. The number of hydrogen-bond acceptors (Lipinski definition) is 3. The van der Waals surface area contributed by atoms with Gasteiger partial charge >= 0.3 is 18.4 Å². The summed E-state index contributed by atoms with van der Waals surface area (Å²) >= 11 is 0. The highest BCUT2D eigenvalue weighted by atomic mass is 19.4. The molecule has 0 bridgehead atoms. The Kier molecular flexibility index (Phi) is 8.18. The van der Waals surface area contributed by atoms with Gasteiger partial charge in [0, 0.05) is 18.2 Å². The molecule has 1 unspecified atom stereocenters. The first-order chi connectivity index (χ1) is 19.5. The van der Waals surface area contributed by atoms with Crippen LogP contribution >= 0.6 is 0 Å². The molecule has 5 nitrogen and oxygen atoms in total. The maximum atomic E-state index is 14.7. The number of carbonyl (C=O) groups is 1. The second kappa shape index (κ2) is 11.2. The van der Waals surface area contributed by atoms with E-state index < -0.39 is 53.1 Å². The molecule has 1 aliphatic heterocycles. The predicted octanol–water partition coefficient (Wildman–Crippen LogP) is 9.30. The Bertz CT molecular complexity index is 1530. The highest BCUT2D eigenvalue weighted by Gasteiger charge is 2.43. The van der Waals surface area contributed by atoms with Gasteiger partial charge in [0.2, 0.25) is 0 Å². The largest absolute Gasteiger partial charge is 0.496 e. The van der Waals surface area contributed by atoms with Crippen LogP contribution in [0.25, 0.3) is 16.0 Å². The van der Waals surface area contributed by atoms with Crippen LogP contribution in [0.5, 0.6) is 5.75 Å². The molecule has 1 amide bonds. The van der Waals surface area contributed by atoms with Gasteiger partial charge in [-0.1, -0.05) is 32.0 Å². The van der Waals surface area contributed by atoms with Crippen LogP contribution in [0.1, 0.15) is 60.6 Å². The number of cyclic esters (lactones) is 1. The molecule has 0 radical (unpaired) electrons. The molecule has 3 aromatic rings. The van der Waals surface area contributed by atoms with Crippen LogP contribution in [0, 0.1) is 12.4 Å². The summed E-state index contributed by atoms with van der Waals surface area (Å²) in [7, 11) is 1.36. The van der Waals surface area contributed by atoms with Crippen molar-refractivity contribution >= 4 is 11.8 Å². The fraction of sp³-hybridized carbons (Fsp3) is 0.333. The molecule has 1 saturated heterocycles. The van der Waals surface area contributed by atoms with Crippen LogP contribution in [-0.4, -0.2) is 24.1 Å². The first kappa shape index (κ1) is 30.7. The third-order valence-corrected chi connectivity index (χ3v) is 7.12. The fourth-order valence-electron chi connectivity index (χ4n) is 4.92. The van der Waals surface area contributed by atoms with Crippen LogP contribution in [-0.2, 0) is 23.6 Å². The summed E-state index contributed by atoms with van der Waals surface area (Å²) < 4.78 is 106. The Morgan fingerprint density at radius 1 is 0.976 bits per heavy atom. The van der Waals surface area contributed by atoms with Crippen molar-refractivity contribution in [3.8, 4) is 16.9 Å². The Balaban J connectivity index is 1.78. The third-order valence-electron chi connectivity index (χ3n) is 7.12. The molecular formula is C30H25F7N2O3. The summed E-state index contributed by atoms with van der Waals surface area (Å²) in [5.74, 6) is -0.486. The van der Waals surface area contributed by atoms with Gasteiger partial charge in [-0.3, -0.25) is 4.90 Å². The first-order valence-electron chi connectivity index (χ1n) is 12.7. The lowest BCUT2D eigenvalue weighted by atomic mass is 9.92. The maximum absolute atomic E-state index is 14.7. The highest BCUT2D eigenvalue weighted by molar-refractivity contribution is 5.78. The van der Waals surface area contributed by atoms with Gasteiger partial charge in [0.15, 0.2) is 5.69 Å². The number of ether oxygens (including phenoxy) is 2. The van der Waals surface area contributed by atoms with Gasteiger partial charge in [0.05, 0.1) is 30.9 Å². The normalized spacial score (nSPS) is 17.4. The van der Waals surface area contributed by atoms with Crippen molar-refractivity contribution in [3.63, 3.8) is 0 Å². The molecule has 1 fully saturated rings. The molecule has 0 saturated carbocycles. The van der Waals surface area contributed by atoms with Crippen LogP contribution in [0.3, 0.4) is 0 Å². The lowest BCUT2D eigenvalue weighted by molar-refractivity contribution is -0.143. The Labute approximate surface area is 237 Å². The summed E-state index contributed by atoms with van der Waals surface area (Å²) in [5, 5.41) is 0. The number of alkyl halides is 6. The van der Waals surface area contributed by atoms with Gasteiger partial charge < -0.3 is 9.47 Å². The standard InChI is InChI=1S/C30H25F7N2O3/c1-15(2)23-12-24(26(41-5)13-25(23)31)22-7-6-21(38-4)10-18(22)14-39-16(3)27(42-28(39)40)17-8-19(29(32,33)34)11-20(9-17)30(35,36)37/h6-13,15-16,27H,14H2,1-3,5H3/t16-,27?/m0/s1. The van der Waals surface area contributed by atoms with E-state index in [2.05, 4.69) is 4.85 Å². The van der Waals surface area contributed by atoms with Crippen molar-refractivity contribution in [2.24, 2.45) is 0 Å². The second-order valence-corrected chi connectivity index (χ2v) is 10.2. The van der Waals surface area contributed by atoms with Crippen molar-refractivity contribution in [1.82, 2.24) is 4.90 Å². The van der Waals surface area contributed by atoms with Crippen molar-refractivity contribution < 1.29 is 45.0 Å². The number of hydrogen-bond donors (Lipinski definition) is 0. The highest BCUT2D eigenvalue weighted by Crippen LogP contribution is 2.43. The summed E-state index contributed by atoms with van der Waals surface area (Å²) in [6, 6.07) is 7.55. The molecule has 1 aliphatic rings. The minimum Gasteiger partial charge on any atom is -0.496 e. The molecule has 0 N–H and O–H groups in total. The maximum Gasteiger partial charge on any atom is 0.416 e. The summed E-state index contributed by atoms with van der Waals surface area (Å²) in [4.78, 5) is 17.6. The van der Waals surface area contributed by atoms with E-state index in [0.717, 1.165) is 4.90 Å². The predicted molar refractivity (Wildman–Crippen MR) is 139 cm³/mol. The monoisotopic (exact) mass is 594 g/mol. The molecule has 0 spiro atoms. The molecule has 3 aromatic carbocycles. The number of nitrogens with zero attached hydrogens (tertiary/aromatic N) is 2. The lowest BCUT2D eigenvalue weighted by Crippen LogP contribution is -2.31. The van der Waals surface area contributed by atoms with Crippen LogP contribution in [0.2, 0.25) is 0 Å². The molecule has 0 aromatic heterocycles. The molecule has 12 heteroatoms. The molecule has 4 rings (SSSR count). The summed E-state index contributed by atoms with van der Waals surface area (Å²) in [5.41, 5.74) is -1.53. The summed E-state index contributed by atoms with van der Waals surface area (Å²) in [6.07, 6.45) is -12.5. The minimum atomic E-state index is -5.07. The zero-order chi connectivity index (χ0) is 31.1. The van der Waals surface area contributed by atoms with Gasteiger partial charge in [0.25, 0.3) is 0 Å². The van der Waals surface area contributed by atoms with E-state index in [1.807, 2.05) is 0 Å². The molecule has 222 valence electrons. The zero-order valence-electron chi connectivity index (χ0n) is 22.8. The zero-order valence-corrected chi connectivity index (χ0v) is 22.8. The van der Waals surface area contributed by atoms with Gasteiger partial charge in [0.1, 0.15) is 17.7 Å². The number of carbonyl (C=O) groups excluding carboxylic acids is 1. The Hall–Kier alpha value is -4.27. The summed E-state index contributed by atoms with van der Waals surface area (Å²) in [6.45, 7) is 12.3. The number of halogens is 7. The number of amides is 1. The smallest absolute Gasteiger partial charge is 0.416 e. The molecule has 0 aliphatic carbocycles. The van der Waals surface area contributed by atoms with Crippen molar-refractivity contribution in [3.05, 3.63) is 93.6 Å². The third kappa shape index (κ3) is 6.00. The Morgan fingerprint density at radius 2 is 1.60 bits per heavy atom. The van der Waals surface area contributed by atoms with E-state index in [1.54, 1.807) is 26.0 Å². The quantitative estimate of drug-likeness (QED) is 0.211. The van der Waals surface area contributed by atoms with E-state index in [1.165, 1.54) is 32.2 Å². The van der Waals surface area contributed by atoms with E-state index in [4.69, 9.17) is 16.0 Å². The van der Waals surface area contributed by atoms with Gasteiger partial charge in [-0.15, -0.1) is 0 Å². The van der Waals surface area contributed by atoms with Crippen LogP contribution < -0.4 is 4.74 Å². The SMILES string of the molecule is [C-]#[N+]c1ccc(-c2cc(C(C)C)c(F)cc2OC)c(CN2C(=O)OC(c3cc(C(F)(F)F)cc(C(F)(F)F)c3)[C@@H]2C)c1. The number of rotatable bonds is 6. The fourth-order valence-corrected chi connectivity index (χ4v) is 4.92. The minimum absolute atomic E-state index is 0.00628. The molecule has 2 atom stereocenters. The average Bonchev–Trinajstić information content (AvgIpc) is 3.20. The van der Waals surface area contributed by atoms with Crippen molar-refractivity contribution in [2.75, 3.05) is 7.11 Å². The van der Waals surface area contributed by atoms with E-state index in [0.29, 0.717) is 34.4 Å². The molecular weight excluding hydrogens is 569 g/mol. The van der Waals surface area contributed by atoms with E-state index in [-0.39, 0.29) is 30.0 Å². The van der Waals surface area contributed by atoms with Gasteiger partial charge in [-0.05, 0) is 59.4 Å².